The lowest BCUT2D eigenvalue weighted by atomic mass is 10.3. The topological polar surface area (TPSA) is 106 Å². The number of carbonyl (C=O) groups excluding carboxylic acids is 1. The standard InChI is InChI=1S/C18H22N8O/c1-12-16-17(19)21-11-22-18(16)26(23-12)14-8-7-13(10-20-14)25(4)15(27)6-5-9-24(2)3/h5-8,10-11H,9H2,1-4H3,(H2,19,21,22)/b6-5+. The quantitative estimate of drug-likeness (QED) is 0.676. The minimum Gasteiger partial charge on any atom is -0.383 e. The van der Waals surface area contributed by atoms with Crippen molar-refractivity contribution < 1.29 is 4.79 Å². The van der Waals surface area contributed by atoms with Gasteiger partial charge in [-0.3, -0.25) is 4.79 Å². The summed E-state index contributed by atoms with van der Waals surface area (Å²) in [7, 11) is 5.60. The SMILES string of the molecule is Cc1nn(-c2ccc(N(C)C(=O)/C=C/CN(C)C)cn2)c2ncnc(N)c12. The highest BCUT2D eigenvalue weighted by Crippen LogP contribution is 2.23. The van der Waals surface area contributed by atoms with Gasteiger partial charge in [0.05, 0.1) is 23.0 Å². The number of carbonyl (C=O) groups is 1. The Kier molecular flexibility index (Phi) is 5.13. The van der Waals surface area contributed by atoms with Crippen molar-refractivity contribution in [1.29, 1.82) is 0 Å². The van der Waals surface area contributed by atoms with Gasteiger partial charge in [0.25, 0.3) is 0 Å². The lowest BCUT2D eigenvalue weighted by Gasteiger charge is -2.15. The third kappa shape index (κ3) is 3.77. The number of pyridine rings is 1. The second kappa shape index (κ2) is 7.50. The van der Waals surface area contributed by atoms with Crippen molar-refractivity contribution in [2.24, 2.45) is 0 Å². The summed E-state index contributed by atoms with van der Waals surface area (Å²) in [6.45, 7) is 2.55. The van der Waals surface area contributed by atoms with E-state index in [0.717, 1.165) is 5.69 Å². The first-order valence-electron chi connectivity index (χ1n) is 8.39. The van der Waals surface area contributed by atoms with Gasteiger partial charge in [0, 0.05) is 19.7 Å². The zero-order chi connectivity index (χ0) is 19.6. The highest BCUT2D eigenvalue weighted by atomic mass is 16.2. The van der Waals surface area contributed by atoms with Crippen LogP contribution in [0.25, 0.3) is 16.9 Å². The van der Waals surface area contributed by atoms with Gasteiger partial charge >= 0.3 is 0 Å². The monoisotopic (exact) mass is 366 g/mol. The van der Waals surface area contributed by atoms with Crippen LogP contribution in [-0.2, 0) is 4.79 Å². The first-order chi connectivity index (χ1) is 12.9. The molecule has 27 heavy (non-hydrogen) atoms. The van der Waals surface area contributed by atoms with E-state index in [1.54, 1.807) is 30.1 Å². The number of rotatable bonds is 5. The molecule has 0 aliphatic heterocycles. The van der Waals surface area contributed by atoms with Crippen molar-refractivity contribution in [1.82, 2.24) is 29.6 Å². The van der Waals surface area contributed by atoms with Gasteiger partial charge in [0.1, 0.15) is 12.1 Å². The van der Waals surface area contributed by atoms with Crippen LogP contribution in [-0.4, -0.2) is 63.2 Å². The van der Waals surface area contributed by atoms with E-state index >= 15 is 0 Å². The van der Waals surface area contributed by atoms with E-state index in [1.165, 1.54) is 11.2 Å². The lowest BCUT2D eigenvalue weighted by Crippen LogP contribution is -2.24. The Morgan fingerprint density at radius 2 is 2.00 bits per heavy atom. The van der Waals surface area contributed by atoms with E-state index in [9.17, 15) is 4.79 Å². The summed E-state index contributed by atoms with van der Waals surface area (Å²) in [5.74, 6) is 0.849. The maximum atomic E-state index is 12.2. The molecule has 0 spiro atoms. The minimum absolute atomic E-state index is 0.118. The molecule has 0 saturated heterocycles. The Morgan fingerprint density at radius 3 is 2.67 bits per heavy atom. The molecular weight excluding hydrogens is 344 g/mol. The van der Waals surface area contributed by atoms with Gasteiger partial charge in [-0.05, 0) is 33.2 Å². The van der Waals surface area contributed by atoms with Crippen LogP contribution in [0.4, 0.5) is 11.5 Å². The smallest absolute Gasteiger partial charge is 0.250 e. The molecule has 0 saturated carbocycles. The van der Waals surface area contributed by atoms with Crippen molar-refractivity contribution in [2.75, 3.05) is 38.3 Å². The largest absolute Gasteiger partial charge is 0.383 e. The fraction of sp³-hybridized carbons (Fsp3) is 0.278. The Labute approximate surface area is 157 Å². The number of nitrogen functional groups attached to an aromatic ring is 1. The molecule has 3 aromatic rings. The highest BCUT2D eigenvalue weighted by molar-refractivity contribution is 6.00. The fourth-order valence-electron chi connectivity index (χ4n) is 2.61. The molecule has 3 heterocycles. The molecule has 0 aliphatic carbocycles. The zero-order valence-electron chi connectivity index (χ0n) is 15.8. The molecule has 0 atom stereocenters. The summed E-state index contributed by atoms with van der Waals surface area (Å²) in [5, 5.41) is 5.17. The second-order valence-corrected chi connectivity index (χ2v) is 6.39. The molecule has 140 valence electrons. The number of likely N-dealkylation sites (N-methyl/N-ethyl adjacent to an activating group) is 2. The van der Waals surface area contributed by atoms with Gasteiger partial charge in [-0.15, -0.1) is 0 Å². The van der Waals surface area contributed by atoms with E-state index in [1.807, 2.05) is 38.1 Å². The molecule has 3 rings (SSSR count). The van der Waals surface area contributed by atoms with Crippen molar-refractivity contribution in [2.45, 2.75) is 6.92 Å². The van der Waals surface area contributed by atoms with E-state index in [2.05, 4.69) is 20.1 Å². The molecule has 0 aromatic carbocycles. The molecule has 3 aromatic heterocycles. The van der Waals surface area contributed by atoms with Gasteiger partial charge in [-0.25, -0.2) is 15.0 Å². The number of hydrogen-bond donors (Lipinski definition) is 1. The maximum absolute atomic E-state index is 12.2. The predicted molar refractivity (Wildman–Crippen MR) is 105 cm³/mol. The molecule has 0 radical (unpaired) electrons. The Balaban J connectivity index is 1.85. The molecule has 0 bridgehead atoms. The van der Waals surface area contributed by atoms with E-state index < -0.39 is 0 Å². The van der Waals surface area contributed by atoms with Crippen LogP contribution in [0.15, 0.2) is 36.8 Å². The summed E-state index contributed by atoms with van der Waals surface area (Å²) in [6.07, 6.45) is 6.40. The Morgan fingerprint density at radius 1 is 1.22 bits per heavy atom. The van der Waals surface area contributed by atoms with E-state index in [-0.39, 0.29) is 5.91 Å². The van der Waals surface area contributed by atoms with Crippen LogP contribution in [0.3, 0.4) is 0 Å². The molecule has 2 N–H and O–H groups in total. The first-order valence-corrected chi connectivity index (χ1v) is 8.39. The third-order valence-corrected chi connectivity index (χ3v) is 4.07. The summed E-state index contributed by atoms with van der Waals surface area (Å²) < 4.78 is 1.62. The molecule has 0 aliphatic rings. The first kappa shape index (κ1) is 18.5. The number of aryl methyl sites for hydroxylation is 1. The van der Waals surface area contributed by atoms with Gasteiger partial charge in [0.15, 0.2) is 11.5 Å². The van der Waals surface area contributed by atoms with Crippen molar-refractivity contribution in [3.8, 4) is 5.82 Å². The van der Waals surface area contributed by atoms with Gasteiger partial charge < -0.3 is 15.5 Å². The molecular formula is C18H22N8O. The number of aromatic nitrogens is 5. The molecule has 0 unspecified atom stereocenters. The van der Waals surface area contributed by atoms with E-state index in [0.29, 0.717) is 34.9 Å². The number of amides is 1. The Bertz CT molecular complexity index is 991. The average molecular weight is 366 g/mol. The van der Waals surface area contributed by atoms with Crippen LogP contribution in [0.1, 0.15) is 5.69 Å². The molecule has 1 amide bonds. The number of nitrogens with zero attached hydrogens (tertiary/aromatic N) is 7. The van der Waals surface area contributed by atoms with Crippen molar-refractivity contribution >= 4 is 28.4 Å². The zero-order valence-corrected chi connectivity index (χ0v) is 15.8. The number of anilines is 2. The van der Waals surface area contributed by atoms with Crippen LogP contribution in [0.2, 0.25) is 0 Å². The minimum atomic E-state index is -0.118. The van der Waals surface area contributed by atoms with Crippen LogP contribution in [0, 0.1) is 6.92 Å². The third-order valence-electron chi connectivity index (χ3n) is 4.07. The summed E-state index contributed by atoms with van der Waals surface area (Å²) in [6, 6.07) is 3.60. The van der Waals surface area contributed by atoms with Gasteiger partial charge in [-0.1, -0.05) is 6.08 Å². The van der Waals surface area contributed by atoms with Crippen LogP contribution < -0.4 is 10.6 Å². The summed E-state index contributed by atoms with van der Waals surface area (Å²) in [5.41, 5.74) is 7.93. The summed E-state index contributed by atoms with van der Waals surface area (Å²) >= 11 is 0. The number of hydrogen-bond acceptors (Lipinski definition) is 7. The van der Waals surface area contributed by atoms with Gasteiger partial charge in [0.2, 0.25) is 5.91 Å². The predicted octanol–water partition coefficient (Wildman–Crippen LogP) is 1.18. The lowest BCUT2D eigenvalue weighted by molar-refractivity contribution is -0.113. The Hall–Kier alpha value is -3.33. The number of nitrogens with two attached hydrogens (primary N) is 1. The normalized spacial score (nSPS) is 11.6. The molecule has 9 nitrogen and oxygen atoms in total. The number of fused-ring (bicyclic) bond motifs is 1. The highest BCUT2D eigenvalue weighted by Gasteiger charge is 2.15. The van der Waals surface area contributed by atoms with Crippen molar-refractivity contribution in [3.05, 3.63) is 42.5 Å². The van der Waals surface area contributed by atoms with Crippen LogP contribution >= 0.6 is 0 Å². The fourth-order valence-corrected chi connectivity index (χ4v) is 2.61. The van der Waals surface area contributed by atoms with E-state index in [4.69, 9.17) is 5.73 Å². The average Bonchev–Trinajstić information content (AvgIpc) is 2.99. The summed E-state index contributed by atoms with van der Waals surface area (Å²) in [4.78, 5) is 28.5. The molecule has 0 fully saturated rings. The van der Waals surface area contributed by atoms with Crippen LogP contribution in [0.5, 0.6) is 0 Å². The molecule has 9 heteroatoms. The maximum Gasteiger partial charge on any atom is 0.250 e. The van der Waals surface area contributed by atoms with Gasteiger partial charge in [-0.2, -0.15) is 9.78 Å². The second-order valence-electron chi connectivity index (χ2n) is 6.39. The van der Waals surface area contributed by atoms with Crippen molar-refractivity contribution in [3.63, 3.8) is 0 Å².